The van der Waals surface area contributed by atoms with Crippen molar-refractivity contribution in [3.05, 3.63) is 28.5 Å². The van der Waals surface area contributed by atoms with E-state index in [0.29, 0.717) is 6.61 Å². The summed E-state index contributed by atoms with van der Waals surface area (Å²) in [5, 5.41) is 4.36. The van der Waals surface area contributed by atoms with Crippen LogP contribution in [-0.4, -0.2) is 25.0 Å². The molecule has 0 unspecified atom stereocenters. The van der Waals surface area contributed by atoms with Gasteiger partial charge in [0.05, 0.1) is 6.61 Å². The van der Waals surface area contributed by atoms with E-state index in [2.05, 4.69) is 10.1 Å². The van der Waals surface area contributed by atoms with Gasteiger partial charge >= 0.3 is 5.97 Å². The molecule has 4 nitrogen and oxygen atoms in total. The third kappa shape index (κ3) is 4.75. The van der Waals surface area contributed by atoms with Crippen molar-refractivity contribution in [2.75, 3.05) is 13.2 Å². The summed E-state index contributed by atoms with van der Waals surface area (Å²) in [5.41, 5.74) is 0. The van der Waals surface area contributed by atoms with Gasteiger partial charge in [-0.2, -0.15) is 0 Å². The van der Waals surface area contributed by atoms with Crippen LogP contribution in [0.4, 0.5) is 0 Å². The largest absolute Gasteiger partial charge is 0.465 e. The monoisotopic (exact) mass is 239 g/mol. The minimum absolute atomic E-state index is 0.0958. The number of amides is 1. The minimum Gasteiger partial charge on any atom is -0.465 e. The first-order chi connectivity index (χ1) is 7.72. The molecule has 0 spiro atoms. The average molecular weight is 239 g/mol. The molecule has 1 aromatic heterocycles. The maximum atomic E-state index is 11.2. The fourth-order valence-corrected chi connectivity index (χ4v) is 1.59. The molecule has 0 saturated heterocycles. The lowest BCUT2D eigenvalue weighted by atomic mass is 10.4. The molecule has 0 aliphatic heterocycles. The first-order valence-corrected chi connectivity index (χ1v) is 5.75. The van der Waals surface area contributed by atoms with Crippen molar-refractivity contribution in [3.8, 4) is 0 Å². The Morgan fingerprint density at radius 3 is 3.00 bits per heavy atom. The zero-order valence-corrected chi connectivity index (χ0v) is 9.75. The summed E-state index contributed by atoms with van der Waals surface area (Å²) in [6.45, 7) is 1.94. The minimum atomic E-state index is -0.430. The average Bonchev–Trinajstić information content (AvgIpc) is 2.77. The van der Waals surface area contributed by atoms with E-state index < -0.39 is 5.97 Å². The molecule has 1 amide bonds. The molecule has 0 aliphatic carbocycles. The van der Waals surface area contributed by atoms with E-state index in [1.165, 1.54) is 17.4 Å². The van der Waals surface area contributed by atoms with Crippen LogP contribution in [0.25, 0.3) is 6.08 Å². The van der Waals surface area contributed by atoms with E-state index in [9.17, 15) is 9.59 Å². The second-order valence-electron chi connectivity index (χ2n) is 2.87. The van der Waals surface area contributed by atoms with Crippen molar-refractivity contribution in [3.63, 3.8) is 0 Å². The normalized spacial score (nSPS) is 10.3. The van der Waals surface area contributed by atoms with Crippen molar-refractivity contribution in [2.45, 2.75) is 6.92 Å². The predicted octanol–water partition coefficient (Wildman–Crippen LogP) is 1.44. The lowest BCUT2D eigenvalue weighted by Gasteiger charge is -2.01. The molecule has 16 heavy (non-hydrogen) atoms. The van der Waals surface area contributed by atoms with Gasteiger partial charge in [-0.1, -0.05) is 6.07 Å². The molecule has 1 heterocycles. The van der Waals surface area contributed by atoms with Crippen molar-refractivity contribution in [1.29, 1.82) is 0 Å². The molecule has 1 rings (SSSR count). The van der Waals surface area contributed by atoms with Gasteiger partial charge in [0, 0.05) is 11.0 Å². The predicted molar refractivity (Wildman–Crippen MR) is 63.0 cm³/mol. The van der Waals surface area contributed by atoms with Crippen LogP contribution in [-0.2, 0) is 14.3 Å². The summed E-state index contributed by atoms with van der Waals surface area (Å²) >= 11 is 1.54. The Morgan fingerprint density at radius 1 is 1.56 bits per heavy atom. The number of ether oxygens (including phenoxy) is 1. The number of carbonyl (C=O) groups excluding carboxylic acids is 2. The van der Waals surface area contributed by atoms with Crippen LogP contribution in [0, 0.1) is 0 Å². The Balaban J connectivity index is 2.28. The zero-order chi connectivity index (χ0) is 11.8. The fourth-order valence-electron chi connectivity index (χ4n) is 0.974. The molecule has 0 atom stereocenters. The second kappa shape index (κ2) is 6.79. The Morgan fingerprint density at radius 2 is 2.38 bits per heavy atom. The van der Waals surface area contributed by atoms with Crippen molar-refractivity contribution in [2.24, 2.45) is 0 Å². The van der Waals surface area contributed by atoms with Gasteiger partial charge in [0.1, 0.15) is 6.54 Å². The molecular weight excluding hydrogens is 226 g/mol. The first kappa shape index (κ1) is 12.4. The third-order valence-corrected chi connectivity index (χ3v) is 2.49. The molecule has 0 aliphatic rings. The molecule has 0 aromatic carbocycles. The van der Waals surface area contributed by atoms with Crippen LogP contribution in [0.5, 0.6) is 0 Å². The van der Waals surface area contributed by atoms with Crippen molar-refractivity contribution in [1.82, 2.24) is 5.32 Å². The molecule has 0 bridgehead atoms. The molecule has 0 saturated carbocycles. The van der Waals surface area contributed by atoms with Gasteiger partial charge in [0.2, 0.25) is 5.91 Å². The highest BCUT2D eigenvalue weighted by Gasteiger charge is 2.02. The van der Waals surface area contributed by atoms with Gasteiger partial charge in [-0.15, -0.1) is 11.3 Å². The van der Waals surface area contributed by atoms with E-state index >= 15 is 0 Å². The summed E-state index contributed by atoms with van der Waals surface area (Å²) in [7, 11) is 0. The second-order valence-corrected chi connectivity index (χ2v) is 3.85. The smallest absolute Gasteiger partial charge is 0.325 e. The summed E-state index contributed by atoms with van der Waals surface area (Å²) in [6.07, 6.45) is 3.09. The van der Waals surface area contributed by atoms with Crippen LogP contribution in [0.2, 0.25) is 0 Å². The fraction of sp³-hybridized carbons (Fsp3) is 0.273. The Kier molecular flexibility index (Phi) is 5.28. The van der Waals surface area contributed by atoms with Crippen LogP contribution in [0.15, 0.2) is 23.6 Å². The quantitative estimate of drug-likeness (QED) is 0.625. The van der Waals surface area contributed by atoms with Gasteiger partial charge in [0.25, 0.3) is 0 Å². The van der Waals surface area contributed by atoms with Crippen molar-refractivity contribution < 1.29 is 14.3 Å². The first-order valence-electron chi connectivity index (χ1n) is 4.87. The highest BCUT2D eigenvalue weighted by Crippen LogP contribution is 2.09. The van der Waals surface area contributed by atoms with Gasteiger partial charge in [-0.3, -0.25) is 9.59 Å². The number of hydrogen-bond acceptors (Lipinski definition) is 4. The maximum Gasteiger partial charge on any atom is 0.325 e. The van der Waals surface area contributed by atoms with Gasteiger partial charge in [-0.25, -0.2) is 0 Å². The standard InChI is InChI=1S/C11H13NO3S/c1-2-15-11(14)8-12-10(13)6-5-9-4-3-7-16-9/h3-7H,2,8H2,1H3,(H,12,13)/b6-5+. The summed E-state index contributed by atoms with van der Waals surface area (Å²) in [6, 6.07) is 3.81. The highest BCUT2D eigenvalue weighted by molar-refractivity contribution is 7.10. The van der Waals surface area contributed by atoms with E-state index in [4.69, 9.17) is 0 Å². The number of esters is 1. The van der Waals surface area contributed by atoms with Crippen molar-refractivity contribution >= 4 is 29.3 Å². The van der Waals surface area contributed by atoms with E-state index in [0.717, 1.165) is 4.88 Å². The summed E-state index contributed by atoms with van der Waals surface area (Å²) < 4.78 is 4.67. The topological polar surface area (TPSA) is 55.4 Å². The number of nitrogens with one attached hydrogen (secondary N) is 1. The summed E-state index contributed by atoms with van der Waals surface area (Å²) in [4.78, 5) is 23.2. The summed E-state index contributed by atoms with van der Waals surface area (Å²) in [5.74, 6) is -0.734. The van der Waals surface area contributed by atoms with Crippen LogP contribution in [0.1, 0.15) is 11.8 Å². The van der Waals surface area contributed by atoms with Crippen LogP contribution >= 0.6 is 11.3 Å². The number of thiophene rings is 1. The van der Waals surface area contributed by atoms with Crippen LogP contribution in [0.3, 0.4) is 0 Å². The Hall–Kier alpha value is -1.62. The lowest BCUT2D eigenvalue weighted by Crippen LogP contribution is -2.29. The molecule has 5 heteroatoms. The van der Waals surface area contributed by atoms with E-state index in [-0.39, 0.29) is 12.5 Å². The Bertz CT molecular complexity index is 371. The van der Waals surface area contributed by atoms with Gasteiger partial charge < -0.3 is 10.1 Å². The maximum absolute atomic E-state index is 11.2. The van der Waals surface area contributed by atoms with Crippen LogP contribution < -0.4 is 5.32 Å². The number of hydrogen-bond donors (Lipinski definition) is 1. The zero-order valence-electron chi connectivity index (χ0n) is 8.93. The Labute approximate surface area is 97.9 Å². The molecule has 0 fully saturated rings. The lowest BCUT2D eigenvalue weighted by molar-refractivity contribution is -0.143. The number of rotatable bonds is 5. The highest BCUT2D eigenvalue weighted by atomic mass is 32.1. The SMILES string of the molecule is CCOC(=O)CNC(=O)/C=C/c1cccs1. The third-order valence-electron chi connectivity index (χ3n) is 1.65. The van der Waals surface area contributed by atoms with E-state index in [1.807, 2.05) is 17.5 Å². The van der Waals surface area contributed by atoms with E-state index in [1.54, 1.807) is 13.0 Å². The molecule has 0 radical (unpaired) electrons. The molecular formula is C11H13NO3S. The number of carbonyl (C=O) groups is 2. The molecule has 86 valence electrons. The van der Waals surface area contributed by atoms with Gasteiger partial charge in [-0.05, 0) is 24.4 Å². The molecule has 1 N–H and O–H groups in total. The molecule has 1 aromatic rings. The van der Waals surface area contributed by atoms with Gasteiger partial charge in [0.15, 0.2) is 0 Å².